The lowest BCUT2D eigenvalue weighted by molar-refractivity contribution is -0.133. The number of rotatable bonds is 3. The second-order valence-electron chi connectivity index (χ2n) is 3.93. The van der Waals surface area contributed by atoms with Crippen LogP contribution in [0, 0.1) is 5.92 Å². The van der Waals surface area contributed by atoms with Crippen LogP contribution in [-0.2, 0) is 4.79 Å². The van der Waals surface area contributed by atoms with Gasteiger partial charge in [0.25, 0.3) is 0 Å². The smallest absolute Gasteiger partial charge is 0.331 e. The molecule has 1 aliphatic rings. The number of aliphatic hydroxyl groups is 2. The highest BCUT2D eigenvalue weighted by molar-refractivity contribution is 5.86. The Hall–Kier alpha value is -0.870. The summed E-state index contributed by atoms with van der Waals surface area (Å²) in [6, 6.07) is 0. The van der Waals surface area contributed by atoms with E-state index in [4.69, 9.17) is 10.2 Å². The van der Waals surface area contributed by atoms with Crippen LogP contribution < -0.4 is 0 Å². The number of carboxylic acid groups (broad SMARTS) is 1. The molecule has 0 heterocycles. The van der Waals surface area contributed by atoms with Gasteiger partial charge in [-0.15, -0.1) is 0 Å². The molecule has 0 radical (unpaired) electrons. The van der Waals surface area contributed by atoms with Crippen LogP contribution in [0.5, 0.6) is 0 Å². The minimum Gasteiger partial charge on any atom is -0.478 e. The number of hydrogen-bond donors (Lipinski definition) is 3. The number of aliphatic hydroxyl groups excluding tert-OH is 1. The van der Waals surface area contributed by atoms with Gasteiger partial charge in [0.2, 0.25) is 0 Å². The van der Waals surface area contributed by atoms with E-state index >= 15 is 0 Å². The van der Waals surface area contributed by atoms with E-state index in [1.165, 1.54) is 0 Å². The summed E-state index contributed by atoms with van der Waals surface area (Å²) >= 11 is 0. The van der Waals surface area contributed by atoms with Gasteiger partial charge < -0.3 is 15.3 Å². The lowest BCUT2D eigenvalue weighted by Gasteiger charge is -2.35. The summed E-state index contributed by atoms with van der Waals surface area (Å²) < 4.78 is 0. The van der Waals surface area contributed by atoms with Crippen molar-refractivity contribution >= 4 is 5.97 Å². The zero-order chi connectivity index (χ0) is 10.8. The van der Waals surface area contributed by atoms with E-state index in [0.29, 0.717) is 24.8 Å². The first-order chi connectivity index (χ1) is 6.49. The topological polar surface area (TPSA) is 77.8 Å². The fraction of sp³-hybridized carbons (Fsp3) is 0.700. The van der Waals surface area contributed by atoms with Gasteiger partial charge >= 0.3 is 5.97 Å². The Morgan fingerprint density at radius 2 is 2.36 bits per heavy atom. The third kappa shape index (κ3) is 2.13. The summed E-state index contributed by atoms with van der Waals surface area (Å²) in [4.78, 5) is 10.6. The van der Waals surface area contributed by atoms with E-state index in [1.807, 2.05) is 0 Å². The molecule has 4 heteroatoms. The largest absolute Gasteiger partial charge is 0.478 e. The van der Waals surface area contributed by atoms with Gasteiger partial charge in [0.05, 0.1) is 5.60 Å². The second-order valence-corrected chi connectivity index (χ2v) is 3.93. The molecule has 1 aliphatic carbocycles. The fourth-order valence-corrected chi connectivity index (χ4v) is 1.67. The number of carbonyl (C=O) groups is 1. The maximum absolute atomic E-state index is 10.6. The van der Waals surface area contributed by atoms with E-state index in [2.05, 4.69) is 0 Å². The molecule has 0 aromatic carbocycles. The maximum atomic E-state index is 10.6. The summed E-state index contributed by atoms with van der Waals surface area (Å²) in [5, 5.41) is 27.7. The number of hydrogen-bond acceptors (Lipinski definition) is 3. The second kappa shape index (κ2) is 4.11. The fourth-order valence-electron chi connectivity index (χ4n) is 1.67. The summed E-state index contributed by atoms with van der Waals surface area (Å²) in [5.74, 6) is -1.13. The molecule has 0 bridgehead atoms. The van der Waals surface area contributed by atoms with Gasteiger partial charge in [-0.3, -0.25) is 0 Å². The molecule has 0 aliphatic heterocycles. The van der Waals surface area contributed by atoms with Gasteiger partial charge in [0, 0.05) is 18.1 Å². The molecule has 4 nitrogen and oxygen atoms in total. The average molecular weight is 200 g/mol. The Kier molecular flexibility index (Phi) is 3.29. The van der Waals surface area contributed by atoms with E-state index < -0.39 is 11.6 Å². The highest BCUT2D eigenvalue weighted by Gasteiger charge is 2.35. The predicted molar refractivity (Wildman–Crippen MR) is 50.8 cm³/mol. The zero-order valence-electron chi connectivity index (χ0n) is 8.23. The van der Waals surface area contributed by atoms with Gasteiger partial charge in [-0.2, -0.15) is 0 Å². The molecular formula is C10H16O4. The van der Waals surface area contributed by atoms with Crippen LogP contribution >= 0.6 is 0 Å². The molecule has 0 aromatic heterocycles. The normalized spacial score (nSPS) is 29.5. The molecule has 0 fully saturated rings. The van der Waals surface area contributed by atoms with Crippen LogP contribution in [-0.4, -0.2) is 33.5 Å². The Bertz CT molecular complexity index is 259. The molecule has 0 aromatic rings. The van der Waals surface area contributed by atoms with Crippen molar-refractivity contribution in [3.05, 3.63) is 11.6 Å². The van der Waals surface area contributed by atoms with Gasteiger partial charge in [-0.1, -0.05) is 13.0 Å². The lowest BCUT2D eigenvalue weighted by Crippen LogP contribution is -2.40. The SMILES string of the molecule is CC(CO)[C@@]1(O)CC=C(C(=O)O)CC1. The molecule has 1 rings (SSSR count). The molecule has 2 atom stereocenters. The molecule has 3 N–H and O–H groups in total. The van der Waals surface area contributed by atoms with Gasteiger partial charge in [-0.25, -0.2) is 4.79 Å². The Morgan fingerprint density at radius 3 is 2.71 bits per heavy atom. The van der Waals surface area contributed by atoms with Crippen molar-refractivity contribution in [2.75, 3.05) is 6.61 Å². The summed E-state index contributed by atoms with van der Waals surface area (Å²) in [5.41, 5.74) is -0.576. The first kappa shape index (κ1) is 11.2. The number of carboxylic acids is 1. The Labute approximate surface area is 82.9 Å². The average Bonchev–Trinajstić information content (AvgIpc) is 2.17. The van der Waals surface area contributed by atoms with E-state index in [9.17, 15) is 9.90 Å². The molecule has 0 amide bonds. The molecule has 0 saturated carbocycles. The first-order valence-electron chi connectivity index (χ1n) is 4.75. The third-order valence-corrected chi connectivity index (χ3v) is 3.00. The van der Waals surface area contributed by atoms with Crippen molar-refractivity contribution in [3.8, 4) is 0 Å². The summed E-state index contributed by atoms with van der Waals surface area (Å²) in [6.07, 6.45) is 2.65. The highest BCUT2D eigenvalue weighted by Crippen LogP contribution is 2.33. The van der Waals surface area contributed by atoms with Crippen LogP contribution in [0.15, 0.2) is 11.6 Å². The van der Waals surface area contributed by atoms with Crippen LogP contribution in [0.25, 0.3) is 0 Å². The highest BCUT2D eigenvalue weighted by atomic mass is 16.4. The number of aliphatic carboxylic acids is 1. The summed E-state index contributed by atoms with van der Waals surface area (Å²) in [6.45, 7) is 1.69. The lowest BCUT2D eigenvalue weighted by atomic mass is 9.77. The van der Waals surface area contributed by atoms with E-state index in [-0.39, 0.29) is 12.5 Å². The van der Waals surface area contributed by atoms with Crippen LogP contribution in [0.4, 0.5) is 0 Å². The third-order valence-electron chi connectivity index (χ3n) is 3.00. The van der Waals surface area contributed by atoms with Crippen molar-refractivity contribution in [3.63, 3.8) is 0 Å². The van der Waals surface area contributed by atoms with Crippen molar-refractivity contribution in [1.82, 2.24) is 0 Å². The van der Waals surface area contributed by atoms with Gasteiger partial charge in [0.15, 0.2) is 0 Å². The summed E-state index contributed by atoms with van der Waals surface area (Å²) in [7, 11) is 0. The minimum atomic E-state index is -0.937. The maximum Gasteiger partial charge on any atom is 0.331 e. The monoisotopic (exact) mass is 200 g/mol. The molecule has 0 saturated heterocycles. The zero-order valence-corrected chi connectivity index (χ0v) is 8.23. The molecule has 80 valence electrons. The van der Waals surface area contributed by atoms with Crippen molar-refractivity contribution in [2.45, 2.75) is 31.8 Å². The molecule has 0 spiro atoms. The standard InChI is InChI=1S/C10H16O4/c1-7(6-11)10(14)4-2-8(3-5-10)9(12)13/h2,7,11,14H,3-6H2,1H3,(H,12,13)/t7?,10-/m1/s1. The molecule has 1 unspecified atom stereocenters. The van der Waals surface area contributed by atoms with E-state index in [0.717, 1.165) is 0 Å². The van der Waals surface area contributed by atoms with Crippen LogP contribution in [0.3, 0.4) is 0 Å². The molecule has 14 heavy (non-hydrogen) atoms. The van der Waals surface area contributed by atoms with Crippen molar-refractivity contribution in [2.24, 2.45) is 5.92 Å². The quantitative estimate of drug-likeness (QED) is 0.621. The minimum absolute atomic E-state index is 0.0766. The molecular weight excluding hydrogens is 184 g/mol. The van der Waals surface area contributed by atoms with Gasteiger partial charge in [-0.05, 0) is 19.3 Å². The van der Waals surface area contributed by atoms with Gasteiger partial charge in [0.1, 0.15) is 0 Å². The Balaban J connectivity index is 2.69. The van der Waals surface area contributed by atoms with Crippen LogP contribution in [0.2, 0.25) is 0 Å². The van der Waals surface area contributed by atoms with E-state index in [1.54, 1.807) is 13.0 Å². The predicted octanol–water partition coefficient (Wildman–Crippen LogP) is 0.541. The van der Waals surface area contributed by atoms with Crippen LogP contribution in [0.1, 0.15) is 26.2 Å². The van der Waals surface area contributed by atoms with Crippen molar-refractivity contribution < 1.29 is 20.1 Å². The van der Waals surface area contributed by atoms with Crippen molar-refractivity contribution in [1.29, 1.82) is 0 Å². The Morgan fingerprint density at radius 1 is 1.71 bits per heavy atom. The first-order valence-corrected chi connectivity index (χ1v) is 4.75.